The van der Waals surface area contributed by atoms with Gasteiger partial charge in [0, 0.05) is 24.3 Å². The molecule has 1 aliphatic heterocycles. The Labute approximate surface area is 122 Å². The third-order valence-electron chi connectivity index (χ3n) is 3.11. The third-order valence-corrected chi connectivity index (χ3v) is 4.93. The molecule has 7 heteroatoms. The second-order valence-electron chi connectivity index (χ2n) is 4.67. The molecule has 1 aromatic carbocycles. The largest absolute Gasteiger partial charge is 0.490 e. The first-order valence-electron chi connectivity index (χ1n) is 6.13. The minimum Gasteiger partial charge on any atom is -0.490 e. The summed E-state index contributed by atoms with van der Waals surface area (Å²) in [6.45, 7) is 2.33. The van der Waals surface area contributed by atoms with E-state index in [9.17, 15) is 13.2 Å². The Morgan fingerprint density at radius 2 is 1.80 bits per heavy atom. The van der Waals surface area contributed by atoms with E-state index in [1.807, 2.05) is 0 Å². The molecule has 0 amide bonds. The van der Waals surface area contributed by atoms with Gasteiger partial charge in [-0.25, -0.2) is 8.42 Å². The van der Waals surface area contributed by atoms with Gasteiger partial charge >= 0.3 is 0 Å². The highest BCUT2D eigenvalue weighted by atomic mass is 35.5. The van der Waals surface area contributed by atoms with E-state index in [-0.39, 0.29) is 10.6 Å². The van der Waals surface area contributed by atoms with Crippen LogP contribution in [-0.4, -0.2) is 38.9 Å². The van der Waals surface area contributed by atoms with E-state index in [1.54, 1.807) is 0 Å². The molecule has 0 fully saturated rings. The van der Waals surface area contributed by atoms with Gasteiger partial charge < -0.3 is 9.47 Å². The normalized spacial score (nSPS) is 16.4. The van der Waals surface area contributed by atoms with Gasteiger partial charge in [-0.15, -0.1) is 0 Å². The van der Waals surface area contributed by atoms with Crippen LogP contribution in [0.15, 0.2) is 12.1 Å². The minimum absolute atomic E-state index is 0.133. The number of carbonyl (C=O) groups excluding carboxylic acids is 1. The number of carbonyl (C=O) groups is 1. The summed E-state index contributed by atoms with van der Waals surface area (Å²) in [5.74, 6) is 0.333. The van der Waals surface area contributed by atoms with E-state index in [2.05, 4.69) is 0 Å². The number of fused-ring (bicyclic) bond motifs is 1. The topological polar surface area (TPSA) is 69.7 Å². The molecule has 2 rings (SSSR count). The summed E-state index contributed by atoms with van der Waals surface area (Å²) in [6, 6.07) is 2.94. The van der Waals surface area contributed by atoms with Gasteiger partial charge in [0.1, 0.15) is 5.25 Å². The van der Waals surface area contributed by atoms with Crippen molar-refractivity contribution in [3.05, 3.63) is 22.7 Å². The number of halogens is 1. The summed E-state index contributed by atoms with van der Waals surface area (Å²) in [7, 11) is -3.48. The molecular weight excluding hydrogens is 304 g/mol. The highest BCUT2D eigenvalue weighted by Crippen LogP contribution is 2.35. The Kier molecular flexibility index (Phi) is 4.25. The molecule has 0 spiro atoms. The van der Waals surface area contributed by atoms with Crippen molar-refractivity contribution in [2.24, 2.45) is 0 Å². The summed E-state index contributed by atoms with van der Waals surface area (Å²) in [6.07, 6.45) is 1.75. The van der Waals surface area contributed by atoms with Crippen LogP contribution < -0.4 is 9.47 Å². The van der Waals surface area contributed by atoms with Gasteiger partial charge in [-0.2, -0.15) is 0 Å². The van der Waals surface area contributed by atoms with Crippen molar-refractivity contribution in [3.63, 3.8) is 0 Å². The van der Waals surface area contributed by atoms with Gasteiger partial charge in [-0.05, 0) is 13.0 Å². The number of hydrogen-bond acceptors (Lipinski definition) is 5. The predicted molar refractivity (Wildman–Crippen MR) is 75.7 cm³/mol. The van der Waals surface area contributed by atoms with Gasteiger partial charge in [-0.3, -0.25) is 4.79 Å². The molecule has 1 heterocycles. The monoisotopic (exact) mass is 318 g/mol. The lowest BCUT2D eigenvalue weighted by Crippen LogP contribution is -2.26. The molecule has 0 saturated heterocycles. The van der Waals surface area contributed by atoms with Crippen molar-refractivity contribution in [3.8, 4) is 11.5 Å². The highest BCUT2D eigenvalue weighted by Gasteiger charge is 2.28. The van der Waals surface area contributed by atoms with E-state index in [4.69, 9.17) is 21.1 Å². The van der Waals surface area contributed by atoms with E-state index < -0.39 is 20.9 Å². The Morgan fingerprint density at radius 3 is 2.35 bits per heavy atom. The summed E-state index contributed by atoms with van der Waals surface area (Å²) in [5, 5.41) is -0.987. The predicted octanol–water partition coefficient (Wildman–Crippen LogP) is 2.12. The second-order valence-corrected chi connectivity index (χ2v) is 7.44. The summed E-state index contributed by atoms with van der Waals surface area (Å²) >= 11 is 6.05. The zero-order valence-electron chi connectivity index (χ0n) is 11.2. The Balaban J connectivity index is 2.43. The number of sulfone groups is 1. The van der Waals surface area contributed by atoms with Gasteiger partial charge in [0.2, 0.25) is 0 Å². The molecule has 1 aliphatic rings. The lowest BCUT2D eigenvalue weighted by Gasteiger charge is -2.13. The maximum absolute atomic E-state index is 12.2. The molecule has 0 bridgehead atoms. The Hall–Kier alpha value is -1.27. The van der Waals surface area contributed by atoms with E-state index in [1.165, 1.54) is 19.1 Å². The number of ether oxygens (including phenoxy) is 2. The number of ketones is 1. The zero-order valence-corrected chi connectivity index (χ0v) is 12.8. The molecule has 0 saturated carbocycles. The van der Waals surface area contributed by atoms with E-state index in [0.717, 1.165) is 12.7 Å². The molecule has 5 nitrogen and oxygen atoms in total. The van der Waals surface area contributed by atoms with Crippen LogP contribution in [0.4, 0.5) is 0 Å². The Morgan fingerprint density at radius 1 is 1.25 bits per heavy atom. The van der Waals surface area contributed by atoms with Gasteiger partial charge in [0.25, 0.3) is 0 Å². The van der Waals surface area contributed by atoms with Crippen LogP contribution in [0.1, 0.15) is 23.7 Å². The highest BCUT2D eigenvalue weighted by molar-refractivity contribution is 7.92. The van der Waals surface area contributed by atoms with Gasteiger partial charge in [-0.1, -0.05) is 11.6 Å². The first kappa shape index (κ1) is 15.1. The Bertz CT molecular complexity index is 638. The van der Waals surface area contributed by atoms with Gasteiger partial charge in [0.15, 0.2) is 27.1 Å². The van der Waals surface area contributed by atoms with Crippen molar-refractivity contribution < 1.29 is 22.7 Å². The quantitative estimate of drug-likeness (QED) is 0.798. The standard InChI is InChI=1S/C13H15ClO5S/c1-8(20(2,16)17)13(15)9-6-11-12(7-10(9)14)19-5-3-4-18-11/h6-8H,3-5H2,1-2H3. The van der Waals surface area contributed by atoms with Crippen molar-refractivity contribution in [1.82, 2.24) is 0 Å². The van der Waals surface area contributed by atoms with Gasteiger partial charge in [0.05, 0.1) is 18.2 Å². The number of hydrogen-bond donors (Lipinski definition) is 0. The fraction of sp³-hybridized carbons (Fsp3) is 0.462. The second kappa shape index (κ2) is 5.61. The molecule has 0 aromatic heterocycles. The van der Waals surface area contributed by atoms with Crippen LogP contribution in [0.2, 0.25) is 5.02 Å². The zero-order chi connectivity index (χ0) is 14.9. The molecule has 1 aromatic rings. The first-order chi connectivity index (χ1) is 9.30. The molecule has 1 atom stereocenters. The minimum atomic E-state index is -3.48. The fourth-order valence-corrected chi connectivity index (χ4v) is 2.55. The van der Waals surface area contributed by atoms with E-state index >= 15 is 0 Å². The maximum Gasteiger partial charge on any atom is 0.182 e. The molecule has 110 valence electrons. The lowest BCUT2D eigenvalue weighted by atomic mass is 10.1. The van der Waals surface area contributed by atoms with Crippen LogP contribution in [0.3, 0.4) is 0 Å². The van der Waals surface area contributed by atoms with Crippen molar-refractivity contribution >= 4 is 27.2 Å². The summed E-state index contributed by atoms with van der Waals surface area (Å²) in [4.78, 5) is 12.2. The van der Waals surface area contributed by atoms with E-state index in [0.29, 0.717) is 24.7 Å². The summed E-state index contributed by atoms with van der Waals surface area (Å²) < 4.78 is 33.9. The third kappa shape index (κ3) is 3.07. The fourth-order valence-electron chi connectivity index (χ4n) is 1.79. The van der Waals surface area contributed by atoms with Crippen LogP contribution in [0.25, 0.3) is 0 Å². The van der Waals surface area contributed by atoms with Crippen LogP contribution >= 0.6 is 11.6 Å². The summed E-state index contributed by atoms with van der Waals surface area (Å²) in [5.41, 5.74) is 0.133. The molecule has 1 unspecified atom stereocenters. The molecule has 0 aliphatic carbocycles. The van der Waals surface area contributed by atoms with Crippen molar-refractivity contribution in [1.29, 1.82) is 0 Å². The van der Waals surface area contributed by atoms with Crippen molar-refractivity contribution in [2.75, 3.05) is 19.5 Å². The van der Waals surface area contributed by atoms with Crippen LogP contribution in [0.5, 0.6) is 11.5 Å². The first-order valence-corrected chi connectivity index (χ1v) is 8.46. The SMILES string of the molecule is CC(C(=O)c1cc2c(cc1Cl)OCCCO2)S(C)(=O)=O. The van der Waals surface area contributed by atoms with Crippen LogP contribution in [0, 0.1) is 0 Å². The maximum atomic E-state index is 12.2. The molecule has 0 N–H and O–H groups in total. The average molecular weight is 319 g/mol. The lowest BCUT2D eigenvalue weighted by molar-refractivity contribution is 0.0991. The molecule has 20 heavy (non-hydrogen) atoms. The smallest absolute Gasteiger partial charge is 0.182 e. The average Bonchev–Trinajstić information content (AvgIpc) is 2.59. The molecular formula is C13H15ClO5S. The van der Waals surface area contributed by atoms with Crippen molar-refractivity contribution in [2.45, 2.75) is 18.6 Å². The van der Waals surface area contributed by atoms with Crippen LogP contribution in [-0.2, 0) is 9.84 Å². The number of rotatable bonds is 3. The number of Topliss-reactive ketones (excluding diaryl/α,β-unsaturated/α-hetero) is 1. The molecule has 0 radical (unpaired) electrons. The number of benzene rings is 1.